The highest BCUT2D eigenvalue weighted by Gasteiger charge is 2.25. The van der Waals surface area contributed by atoms with Gasteiger partial charge in [0.05, 0.1) is 18.2 Å². The summed E-state index contributed by atoms with van der Waals surface area (Å²) in [6.07, 6.45) is 0.618. The number of nitrogens with two attached hydrogens (primary N) is 2. The highest BCUT2D eigenvalue weighted by Crippen LogP contribution is 2.25. The lowest BCUT2D eigenvalue weighted by atomic mass is 9.92. The molecule has 0 radical (unpaired) electrons. The Balaban J connectivity index is 1.87. The molecule has 0 heterocycles. The summed E-state index contributed by atoms with van der Waals surface area (Å²) in [6, 6.07) is 12.9. The van der Waals surface area contributed by atoms with Crippen LogP contribution in [0, 0.1) is 12.3 Å². The number of hydrogen-bond acceptors (Lipinski definition) is 5. The number of nitrogens with zero attached hydrogens (tertiary/aromatic N) is 1. The van der Waals surface area contributed by atoms with Gasteiger partial charge >= 0.3 is 0 Å². The van der Waals surface area contributed by atoms with E-state index in [1.54, 1.807) is 29.2 Å². The fraction of sp³-hybridized carbons (Fsp3) is 0.440. The summed E-state index contributed by atoms with van der Waals surface area (Å²) in [5, 5.41) is 3.48. The molecule has 0 atom stereocenters. The van der Waals surface area contributed by atoms with E-state index in [4.69, 9.17) is 27.8 Å². The first-order valence-corrected chi connectivity index (χ1v) is 11.5. The van der Waals surface area contributed by atoms with Gasteiger partial charge in [0, 0.05) is 31.7 Å². The van der Waals surface area contributed by atoms with Gasteiger partial charge in [-0.25, -0.2) is 0 Å². The van der Waals surface area contributed by atoms with E-state index in [2.05, 4.69) is 5.32 Å². The Morgan fingerprint density at radius 2 is 1.82 bits per heavy atom. The van der Waals surface area contributed by atoms with Crippen LogP contribution < -0.4 is 21.5 Å². The highest BCUT2D eigenvalue weighted by atomic mass is 35.5. The first-order chi connectivity index (χ1) is 15.6. The molecule has 0 aliphatic rings. The predicted octanol–water partition coefficient (Wildman–Crippen LogP) is 3.12. The van der Waals surface area contributed by atoms with Gasteiger partial charge < -0.3 is 26.4 Å². The van der Waals surface area contributed by atoms with Crippen molar-refractivity contribution in [3.63, 3.8) is 0 Å². The zero-order valence-electron chi connectivity index (χ0n) is 19.7. The van der Waals surface area contributed by atoms with E-state index in [9.17, 15) is 9.59 Å². The molecule has 0 fully saturated rings. The molecule has 180 valence electrons. The fourth-order valence-electron chi connectivity index (χ4n) is 3.35. The molecular formula is C25H35ClN4O3. The zero-order valence-corrected chi connectivity index (χ0v) is 20.5. The van der Waals surface area contributed by atoms with Gasteiger partial charge in [0.25, 0.3) is 5.91 Å². The van der Waals surface area contributed by atoms with Gasteiger partial charge in [0.15, 0.2) is 0 Å². The minimum Gasteiger partial charge on any atom is -0.492 e. The SMILES string of the molecule is Cc1ccc(C(=O)NCC(C)(C)CN(CCCOc2ccc(CN)cc2Cl)C(=O)CN)cc1. The van der Waals surface area contributed by atoms with Crippen molar-refractivity contribution in [3.8, 4) is 5.75 Å². The number of halogens is 1. The molecule has 2 amide bonds. The van der Waals surface area contributed by atoms with Crippen LogP contribution in [0.25, 0.3) is 0 Å². The quantitative estimate of drug-likeness (QED) is 0.409. The average molecular weight is 475 g/mol. The van der Waals surface area contributed by atoms with Crippen molar-refractivity contribution in [2.45, 2.75) is 33.7 Å². The standard InChI is InChI=1S/C25H35ClN4O3/c1-18-5-8-20(9-6-18)24(32)29-16-25(2,3)17-30(23(31)15-28)11-4-12-33-22-10-7-19(14-27)13-21(22)26/h5-10,13H,4,11-12,14-17,27-28H2,1-3H3,(H,29,32). The van der Waals surface area contributed by atoms with E-state index in [-0.39, 0.29) is 23.8 Å². The minimum absolute atomic E-state index is 0.0704. The molecule has 0 unspecified atom stereocenters. The normalized spacial score (nSPS) is 11.2. The van der Waals surface area contributed by atoms with Crippen molar-refractivity contribution < 1.29 is 14.3 Å². The minimum atomic E-state index is -0.340. The molecular weight excluding hydrogens is 440 g/mol. The smallest absolute Gasteiger partial charge is 0.251 e. The van der Waals surface area contributed by atoms with Gasteiger partial charge in [0.1, 0.15) is 5.75 Å². The Kier molecular flexibility index (Phi) is 10.2. The second-order valence-electron chi connectivity index (χ2n) is 8.90. The van der Waals surface area contributed by atoms with E-state index in [1.165, 1.54) is 0 Å². The van der Waals surface area contributed by atoms with E-state index in [0.717, 1.165) is 11.1 Å². The molecule has 2 aromatic rings. The molecule has 5 N–H and O–H groups in total. The summed E-state index contributed by atoms with van der Waals surface area (Å²) in [6.45, 7) is 8.12. The second-order valence-corrected chi connectivity index (χ2v) is 9.31. The van der Waals surface area contributed by atoms with Gasteiger partial charge in [-0.2, -0.15) is 0 Å². The molecule has 0 spiro atoms. The van der Waals surface area contributed by atoms with Gasteiger partial charge in [-0.1, -0.05) is 49.2 Å². The lowest BCUT2D eigenvalue weighted by Gasteiger charge is -2.33. The Labute approximate surface area is 201 Å². The van der Waals surface area contributed by atoms with Gasteiger partial charge in [0.2, 0.25) is 5.91 Å². The summed E-state index contributed by atoms with van der Waals surface area (Å²) in [5.41, 5.74) is 13.5. The van der Waals surface area contributed by atoms with E-state index >= 15 is 0 Å². The largest absolute Gasteiger partial charge is 0.492 e. The number of ether oxygens (including phenoxy) is 1. The third-order valence-corrected chi connectivity index (χ3v) is 5.54. The van der Waals surface area contributed by atoms with Crippen LogP contribution in [-0.2, 0) is 11.3 Å². The van der Waals surface area contributed by atoms with Crippen LogP contribution in [0.15, 0.2) is 42.5 Å². The Hall–Kier alpha value is -2.61. The third-order valence-electron chi connectivity index (χ3n) is 5.25. The van der Waals surface area contributed by atoms with Crippen molar-refractivity contribution in [3.05, 3.63) is 64.2 Å². The number of aryl methyl sites for hydroxylation is 1. The predicted molar refractivity (Wildman–Crippen MR) is 132 cm³/mol. The number of carbonyl (C=O) groups is 2. The lowest BCUT2D eigenvalue weighted by Crippen LogP contribution is -2.46. The molecule has 8 heteroatoms. The van der Waals surface area contributed by atoms with Gasteiger partial charge in [-0.05, 0) is 48.6 Å². The maximum Gasteiger partial charge on any atom is 0.251 e. The molecule has 0 bridgehead atoms. The first kappa shape index (κ1) is 26.6. The Morgan fingerprint density at radius 1 is 1.12 bits per heavy atom. The van der Waals surface area contributed by atoms with Crippen LogP contribution >= 0.6 is 11.6 Å². The van der Waals surface area contributed by atoms with Crippen molar-refractivity contribution in [1.82, 2.24) is 10.2 Å². The monoisotopic (exact) mass is 474 g/mol. The lowest BCUT2D eigenvalue weighted by molar-refractivity contribution is -0.131. The summed E-state index contributed by atoms with van der Waals surface area (Å²) < 4.78 is 5.77. The van der Waals surface area contributed by atoms with Crippen LogP contribution in [0.2, 0.25) is 5.02 Å². The van der Waals surface area contributed by atoms with Gasteiger partial charge in [-0.3, -0.25) is 9.59 Å². The maximum absolute atomic E-state index is 12.4. The summed E-state index contributed by atoms with van der Waals surface area (Å²) in [5.74, 6) is 0.314. The Bertz CT molecular complexity index is 932. The highest BCUT2D eigenvalue weighted by molar-refractivity contribution is 6.32. The second kappa shape index (κ2) is 12.6. The van der Waals surface area contributed by atoms with E-state index < -0.39 is 0 Å². The topological polar surface area (TPSA) is 111 Å². The summed E-state index contributed by atoms with van der Waals surface area (Å²) in [7, 11) is 0. The molecule has 0 saturated carbocycles. The molecule has 2 rings (SSSR count). The van der Waals surface area contributed by atoms with Crippen molar-refractivity contribution in [2.24, 2.45) is 16.9 Å². The number of nitrogens with one attached hydrogen (secondary N) is 1. The van der Waals surface area contributed by atoms with Crippen molar-refractivity contribution in [1.29, 1.82) is 0 Å². The first-order valence-electron chi connectivity index (χ1n) is 11.1. The molecule has 0 aliphatic heterocycles. The van der Waals surface area contributed by atoms with Crippen LogP contribution in [0.4, 0.5) is 0 Å². The number of carbonyl (C=O) groups excluding carboxylic acids is 2. The molecule has 0 saturated heterocycles. The van der Waals surface area contributed by atoms with Crippen LogP contribution in [0.1, 0.15) is 41.8 Å². The molecule has 0 aromatic heterocycles. The van der Waals surface area contributed by atoms with Crippen molar-refractivity contribution in [2.75, 3.05) is 32.8 Å². The third kappa shape index (κ3) is 8.68. The van der Waals surface area contributed by atoms with Crippen LogP contribution in [-0.4, -0.2) is 49.5 Å². The number of benzene rings is 2. The maximum atomic E-state index is 12.4. The average Bonchev–Trinajstić information content (AvgIpc) is 2.80. The number of hydrogen-bond donors (Lipinski definition) is 3. The van der Waals surface area contributed by atoms with E-state index in [1.807, 2.05) is 39.0 Å². The number of amides is 2. The fourth-order valence-corrected chi connectivity index (χ4v) is 3.60. The van der Waals surface area contributed by atoms with Crippen LogP contribution in [0.5, 0.6) is 5.75 Å². The molecule has 0 aliphatic carbocycles. The van der Waals surface area contributed by atoms with Gasteiger partial charge in [-0.15, -0.1) is 0 Å². The molecule has 33 heavy (non-hydrogen) atoms. The Morgan fingerprint density at radius 3 is 2.42 bits per heavy atom. The van der Waals surface area contributed by atoms with Crippen molar-refractivity contribution >= 4 is 23.4 Å². The number of rotatable bonds is 12. The zero-order chi connectivity index (χ0) is 24.4. The summed E-state index contributed by atoms with van der Waals surface area (Å²) in [4.78, 5) is 26.6. The van der Waals surface area contributed by atoms with E-state index in [0.29, 0.717) is 55.5 Å². The van der Waals surface area contributed by atoms with Crippen LogP contribution in [0.3, 0.4) is 0 Å². The molecule has 7 nitrogen and oxygen atoms in total. The summed E-state index contributed by atoms with van der Waals surface area (Å²) >= 11 is 6.23. The molecule has 2 aromatic carbocycles.